The van der Waals surface area contributed by atoms with Gasteiger partial charge < -0.3 is 4.90 Å². The van der Waals surface area contributed by atoms with Crippen LogP contribution in [-0.2, 0) is 0 Å². The van der Waals surface area contributed by atoms with E-state index in [1.807, 2.05) is 0 Å². The van der Waals surface area contributed by atoms with Crippen LogP contribution in [0.25, 0.3) is 0 Å². The number of hydrogen-bond acceptors (Lipinski definition) is 2. The van der Waals surface area contributed by atoms with Gasteiger partial charge in [-0.15, -0.1) is 0 Å². The molecule has 0 spiro atoms. The van der Waals surface area contributed by atoms with Crippen molar-refractivity contribution in [1.29, 1.82) is 0 Å². The molecule has 4 rings (SSSR count). The van der Waals surface area contributed by atoms with E-state index >= 15 is 0 Å². The number of fused-ring (bicyclic) bond motifs is 2. The van der Waals surface area contributed by atoms with Gasteiger partial charge in [-0.1, -0.05) is 48.6 Å². The van der Waals surface area contributed by atoms with Crippen molar-refractivity contribution in [3.05, 3.63) is 71.5 Å². The average Bonchev–Trinajstić information content (AvgIpc) is 2.87. The second-order valence-electron chi connectivity index (χ2n) is 5.56. The van der Waals surface area contributed by atoms with Gasteiger partial charge in [-0.3, -0.25) is 4.99 Å². The van der Waals surface area contributed by atoms with Gasteiger partial charge in [-0.2, -0.15) is 0 Å². The maximum absolute atomic E-state index is 5.08. The predicted molar refractivity (Wildman–Crippen MR) is 82.5 cm³/mol. The predicted octanol–water partition coefficient (Wildman–Crippen LogP) is 4.01. The first-order valence-electron chi connectivity index (χ1n) is 7.38. The standard InChI is InChI=1S/C18H18N2/c1-2-7-14(8-3-1)18-16-10-5-4-9-15(16)13-20-12-6-11-17(20)19-18/h1-5,7-8,10,13,18H,6,9,11-12H2. The highest BCUT2D eigenvalue weighted by Crippen LogP contribution is 2.38. The molecule has 1 aliphatic carbocycles. The minimum atomic E-state index is 0.158. The fraction of sp³-hybridized carbons (Fsp3) is 0.278. The lowest BCUT2D eigenvalue weighted by Gasteiger charge is -2.19. The summed E-state index contributed by atoms with van der Waals surface area (Å²) in [6, 6.07) is 10.8. The molecule has 3 aliphatic rings. The van der Waals surface area contributed by atoms with Crippen LogP contribution in [0.4, 0.5) is 0 Å². The molecule has 100 valence electrons. The summed E-state index contributed by atoms with van der Waals surface area (Å²) in [6.07, 6.45) is 12.3. The van der Waals surface area contributed by atoms with Gasteiger partial charge in [0.25, 0.3) is 0 Å². The minimum Gasteiger partial charge on any atom is -0.336 e. The Morgan fingerprint density at radius 2 is 2.05 bits per heavy atom. The highest BCUT2D eigenvalue weighted by Gasteiger charge is 2.27. The van der Waals surface area contributed by atoms with Crippen molar-refractivity contribution in [3.63, 3.8) is 0 Å². The Morgan fingerprint density at radius 1 is 1.15 bits per heavy atom. The summed E-state index contributed by atoms with van der Waals surface area (Å²) in [5, 5.41) is 0. The molecule has 0 amide bonds. The molecule has 2 aliphatic heterocycles. The van der Waals surface area contributed by atoms with Crippen LogP contribution in [0.2, 0.25) is 0 Å². The van der Waals surface area contributed by atoms with Crippen molar-refractivity contribution in [2.24, 2.45) is 4.99 Å². The zero-order chi connectivity index (χ0) is 13.4. The van der Waals surface area contributed by atoms with Crippen LogP contribution in [0.5, 0.6) is 0 Å². The second kappa shape index (κ2) is 4.78. The lowest BCUT2D eigenvalue weighted by molar-refractivity contribution is 0.599. The highest BCUT2D eigenvalue weighted by atomic mass is 15.2. The monoisotopic (exact) mass is 262 g/mol. The second-order valence-corrected chi connectivity index (χ2v) is 5.56. The summed E-state index contributed by atoms with van der Waals surface area (Å²) < 4.78 is 0. The zero-order valence-corrected chi connectivity index (χ0v) is 11.5. The van der Waals surface area contributed by atoms with E-state index in [1.54, 1.807) is 0 Å². The SMILES string of the molecule is C1=CCC2=CN3CCCC3=NC(c3ccccc3)C2=C1. The third-order valence-electron chi connectivity index (χ3n) is 4.25. The third-order valence-corrected chi connectivity index (χ3v) is 4.25. The van der Waals surface area contributed by atoms with E-state index in [1.165, 1.54) is 29.0 Å². The van der Waals surface area contributed by atoms with Crippen LogP contribution >= 0.6 is 0 Å². The van der Waals surface area contributed by atoms with Crippen LogP contribution in [-0.4, -0.2) is 17.3 Å². The number of hydrogen-bond donors (Lipinski definition) is 0. The molecule has 0 saturated carbocycles. The smallest absolute Gasteiger partial charge is 0.104 e. The van der Waals surface area contributed by atoms with Crippen LogP contribution < -0.4 is 0 Å². The van der Waals surface area contributed by atoms with E-state index in [-0.39, 0.29) is 6.04 Å². The number of benzene rings is 1. The van der Waals surface area contributed by atoms with Crippen molar-refractivity contribution in [1.82, 2.24) is 4.90 Å². The van der Waals surface area contributed by atoms with Gasteiger partial charge in [-0.25, -0.2) is 0 Å². The molecule has 2 heterocycles. The van der Waals surface area contributed by atoms with Crippen molar-refractivity contribution in [2.75, 3.05) is 6.54 Å². The maximum Gasteiger partial charge on any atom is 0.104 e. The maximum atomic E-state index is 5.08. The molecular formula is C18H18N2. The molecule has 0 radical (unpaired) electrons. The molecular weight excluding hydrogens is 244 g/mol. The van der Waals surface area contributed by atoms with E-state index in [0.29, 0.717) is 0 Å². The Balaban J connectivity index is 1.86. The van der Waals surface area contributed by atoms with Gasteiger partial charge >= 0.3 is 0 Å². The summed E-state index contributed by atoms with van der Waals surface area (Å²) in [6.45, 7) is 1.11. The molecule has 0 bridgehead atoms. The van der Waals surface area contributed by atoms with Gasteiger partial charge in [0.05, 0.1) is 0 Å². The van der Waals surface area contributed by atoms with E-state index < -0.39 is 0 Å². The first kappa shape index (κ1) is 11.7. The van der Waals surface area contributed by atoms with E-state index in [4.69, 9.17) is 4.99 Å². The number of nitrogens with zero attached hydrogens (tertiary/aromatic N) is 2. The molecule has 2 nitrogen and oxygen atoms in total. The summed E-state index contributed by atoms with van der Waals surface area (Å²) in [5.41, 5.74) is 4.07. The molecule has 0 N–H and O–H groups in total. The van der Waals surface area contributed by atoms with Gasteiger partial charge in [0.15, 0.2) is 0 Å². The van der Waals surface area contributed by atoms with Crippen molar-refractivity contribution >= 4 is 5.84 Å². The summed E-state index contributed by atoms with van der Waals surface area (Å²) >= 11 is 0. The number of aliphatic imine (C=N–C) groups is 1. The van der Waals surface area contributed by atoms with Gasteiger partial charge in [-0.05, 0) is 29.6 Å². The van der Waals surface area contributed by atoms with E-state index in [2.05, 4.69) is 59.7 Å². The molecule has 1 unspecified atom stereocenters. The fourth-order valence-corrected chi connectivity index (χ4v) is 3.24. The molecule has 1 fully saturated rings. The molecule has 1 aromatic carbocycles. The quantitative estimate of drug-likeness (QED) is 0.746. The van der Waals surface area contributed by atoms with E-state index in [9.17, 15) is 0 Å². The normalized spacial score (nSPS) is 24.3. The fourth-order valence-electron chi connectivity index (χ4n) is 3.24. The Kier molecular flexibility index (Phi) is 2.80. The highest BCUT2D eigenvalue weighted by molar-refractivity contribution is 5.86. The lowest BCUT2D eigenvalue weighted by atomic mass is 9.89. The Bertz CT molecular complexity index is 635. The van der Waals surface area contributed by atoms with Crippen LogP contribution in [0.15, 0.2) is 70.9 Å². The molecule has 20 heavy (non-hydrogen) atoms. The Morgan fingerprint density at radius 3 is 2.95 bits per heavy atom. The van der Waals surface area contributed by atoms with E-state index in [0.717, 1.165) is 19.4 Å². The molecule has 2 heteroatoms. The van der Waals surface area contributed by atoms with Crippen LogP contribution in [0.3, 0.4) is 0 Å². The van der Waals surface area contributed by atoms with Crippen molar-refractivity contribution in [3.8, 4) is 0 Å². The Hall–Kier alpha value is -2.09. The third kappa shape index (κ3) is 1.92. The lowest BCUT2D eigenvalue weighted by Crippen LogP contribution is -2.17. The first-order valence-corrected chi connectivity index (χ1v) is 7.38. The van der Waals surface area contributed by atoms with Gasteiger partial charge in [0, 0.05) is 19.2 Å². The van der Waals surface area contributed by atoms with Gasteiger partial charge in [0.1, 0.15) is 11.9 Å². The molecule has 1 saturated heterocycles. The molecule has 0 aromatic heterocycles. The summed E-state index contributed by atoms with van der Waals surface area (Å²) in [7, 11) is 0. The van der Waals surface area contributed by atoms with Crippen molar-refractivity contribution in [2.45, 2.75) is 25.3 Å². The number of amidine groups is 1. The Labute approximate surface area is 119 Å². The largest absolute Gasteiger partial charge is 0.336 e. The summed E-state index contributed by atoms with van der Waals surface area (Å²) in [4.78, 5) is 7.43. The van der Waals surface area contributed by atoms with Crippen LogP contribution in [0.1, 0.15) is 30.9 Å². The topological polar surface area (TPSA) is 15.6 Å². The summed E-state index contributed by atoms with van der Waals surface area (Å²) in [5.74, 6) is 1.25. The number of rotatable bonds is 1. The minimum absolute atomic E-state index is 0.158. The zero-order valence-electron chi connectivity index (χ0n) is 11.5. The molecule has 1 aromatic rings. The first-order chi connectivity index (χ1) is 9.92. The number of allylic oxidation sites excluding steroid dienone is 3. The van der Waals surface area contributed by atoms with Crippen LogP contribution in [0, 0.1) is 0 Å². The molecule has 1 atom stereocenters. The van der Waals surface area contributed by atoms with Crippen molar-refractivity contribution < 1.29 is 0 Å². The average molecular weight is 262 g/mol. The van der Waals surface area contributed by atoms with Gasteiger partial charge in [0.2, 0.25) is 0 Å².